The van der Waals surface area contributed by atoms with Crippen LogP contribution in [0.5, 0.6) is 5.75 Å². The lowest BCUT2D eigenvalue weighted by atomic mass is 10.0. The van der Waals surface area contributed by atoms with Crippen LogP contribution in [0.3, 0.4) is 0 Å². The maximum Gasteiger partial charge on any atom is 0.415 e. The highest BCUT2D eigenvalue weighted by Crippen LogP contribution is 2.29. The van der Waals surface area contributed by atoms with Crippen LogP contribution in [0.2, 0.25) is 0 Å². The fourth-order valence-electron chi connectivity index (χ4n) is 3.48. The highest BCUT2D eigenvalue weighted by molar-refractivity contribution is 5.72. The molecule has 154 valence electrons. The maximum atomic E-state index is 12.9. The number of ether oxygens (including phenoxy) is 1. The summed E-state index contributed by atoms with van der Waals surface area (Å²) in [6, 6.07) is 14.9. The number of aliphatic hydroxyl groups excluding tert-OH is 1. The first-order valence-electron chi connectivity index (χ1n) is 9.81. The van der Waals surface area contributed by atoms with E-state index in [0.29, 0.717) is 31.2 Å². The summed E-state index contributed by atoms with van der Waals surface area (Å²) < 4.78 is 5.54. The second kappa shape index (κ2) is 8.87. The van der Waals surface area contributed by atoms with Gasteiger partial charge in [0.2, 0.25) is 0 Å². The molecule has 1 aromatic carbocycles. The molecule has 30 heavy (non-hydrogen) atoms. The quantitative estimate of drug-likeness (QED) is 0.713. The van der Waals surface area contributed by atoms with Crippen molar-refractivity contribution in [3.05, 3.63) is 78.5 Å². The Hall–Kier alpha value is -3.52. The molecule has 0 saturated carbocycles. The number of hydrogen-bond donors (Lipinski definition) is 1. The molecule has 1 aliphatic heterocycles. The van der Waals surface area contributed by atoms with Gasteiger partial charge < -0.3 is 14.7 Å². The molecule has 0 radical (unpaired) electrons. The van der Waals surface area contributed by atoms with Gasteiger partial charge >= 0.3 is 6.09 Å². The molecular formula is C22H23N5O3. The number of amides is 1. The zero-order valence-electron chi connectivity index (χ0n) is 16.6. The summed E-state index contributed by atoms with van der Waals surface area (Å²) in [5, 5.41) is 9.81. The van der Waals surface area contributed by atoms with Gasteiger partial charge in [-0.05, 0) is 30.7 Å². The lowest BCUT2D eigenvalue weighted by Crippen LogP contribution is -2.51. The standard InChI is InChI=1S/C22H23N5O3/c1-16(28)21-24-11-9-20(25-21)26-12-13-27(19(15-26)17-6-3-2-4-7-17)22(29)30-18-8-5-10-23-14-18/h2-11,14,16,19,28H,12-13,15H2,1H3/t16-,19+/m1/s1. The van der Waals surface area contributed by atoms with Crippen LogP contribution < -0.4 is 9.64 Å². The first-order valence-corrected chi connectivity index (χ1v) is 9.81. The van der Waals surface area contributed by atoms with Gasteiger partial charge in [-0.1, -0.05) is 30.3 Å². The first kappa shape index (κ1) is 19.8. The van der Waals surface area contributed by atoms with Crippen LogP contribution in [0.25, 0.3) is 0 Å². The minimum absolute atomic E-state index is 0.214. The van der Waals surface area contributed by atoms with Crippen molar-refractivity contribution in [2.24, 2.45) is 0 Å². The number of benzene rings is 1. The van der Waals surface area contributed by atoms with Crippen molar-refractivity contribution in [2.75, 3.05) is 24.5 Å². The van der Waals surface area contributed by atoms with E-state index < -0.39 is 12.2 Å². The molecule has 3 heterocycles. The minimum Gasteiger partial charge on any atom is -0.409 e. The van der Waals surface area contributed by atoms with Crippen LogP contribution in [0.1, 0.15) is 30.5 Å². The number of pyridine rings is 1. The van der Waals surface area contributed by atoms with Crippen LogP contribution in [0.4, 0.5) is 10.6 Å². The number of piperazine rings is 1. The van der Waals surface area contributed by atoms with Gasteiger partial charge in [-0.3, -0.25) is 9.88 Å². The molecule has 8 nitrogen and oxygen atoms in total. The van der Waals surface area contributed by atoms with Gasteiger partial charge in [-0.25, -0.2) is 14.8 Å². The van der Waals surface area contributed by atoms with E-state index in [1.807, 2.05) is 36.4 Å². The van der Waals surface area contributed by atoms with Crippen LogP contribution in [-0.2, 0) is 0 Å². The number of aromatic nitrogens is 3. The van der Waals surface area contributed by atoms with Gasteiger partial charge in [0.1, 0.15) is 11.9 Å². The number of anilines is 1. The molecule has 0 unspecified atom stereocenters. The molecule has 1 aliphatic rings. The maximum absolute atomic E-state index is 12.9. The number of hydrogen-bond acceptors (Lipinski definition) is 7. The SMILES string of the molecule is C[C@@H](O)c1nccc(N2CCN(C(=O)Oc3cccnc3)[C@H](c3ccccc3)C2)n1. The highest BCUT2D eigenvalue weighted by atomic mass is 16.6. The van der Waals surface area contributed by atoms with Crippen LogP contribution in [0, 0.1) is 0 Å². The van der Waals surface area contributed by atoms with Crippen molar-refractivity contribution in [1.29, 1.82) is 0 Å². The monoisotopic (exact) mass is 405 g/mol. The summed E-state index contributed by atoms with van der Waals surface area (Å²) in [5.74, 6) is 1.51. The predicted molar refractivity (Wildman–Crippen MR) is 111 cm³/mol. The summed E-state index contributed by atoms with van der Waals surface area (Å²) in [7, 11) is 0. The van der Waals surface area contributed by atoms with E-state index in [4.69, 9.17) is 4.74 Å². The van der Waals surface area contributed by atoms with E-state index in [9.17, 15) is 9.90 Å². The van der Waals surface area contributed by atoms with Crippen molar-refractivity contribution in [2.45, 2.75) is 19.1 Å². The van der Waals surface area contributed by atoms with Crippen LogP contribution in [-0.4, -0.2) is 50.7 Å². The summed E-state index contributed by atoms with van der Waals surface area (Å²) in [4.78, 5) is 29.4. The van der Waals surface area contributed by atoms with Crippen LogP contribution >= 0.6 is 0 Å². The Morgan fingerprint density at radius 3 is 2.70 bits per heavy atom. The van der Waals surface area contributed by atoms with E-state index in [1.165, 1.54) is 6.20 Å². The van der Waals surface area contributed by atoms with Gasteiger partial charge in [0.05, 0.1) is 12.2 Å². The number of nitrogens with zero attached hydrogens (tertiary/aromatic N) is 5. The highest BCUT2D eigenvalue weighted by Gasteiger charge is 2.33. The van der Waals surface area contributed by atoms with Gasteiger partial charge in [0.25, 0.3) is 0 Å². The Morgan fingerprint density at radius 2 is 1.97 bits per heavy atom. The van der Waals surface area contributed by atoms with Gasteiger partial charge in [-0.15, -0.1) is 0 Å². The van der Waals surface area contributed by atoms with Gasteiger partial charge in [0, 0.05) is 32.0 Å². The van der Waals surface area contributed by atoms with Gasteiger partial charge in [-0.2, -0.15) is 0 Å². The normalized spacial score (nSPS) is 17.5. The lowest BCUT2D eigenvalue weighted by molar-refractivity contribution is 0.124. The largest absolute Gasteiger partial charge is 0.415 e. The lowest BCUT2D eigenvalue weighted by Gasteiger charge is -2.41. The third-order valence-electron chi connectivity index (χ3n) is 5.00. The second-order valence-electron chi connectivity index (χ2n) is 7.07. The van der Waals surface area contributed by atoms with Crippen molar-refractivity contribution in [1.82, 2.24) is 19.9 Å². The average Bonchev–Trinajstić information content (AvgIpc) is 2.80. The van der Waals surface area contributed by atoms with E-state index >= 15 is 0 Å². The molecule has 8 heteroatoms. The molecule has 1 fully saturated rings. The number of carbonyl (C=O) groups excluding carboxylic acids is 1. The Kier molecular flexibility index (Phi) is 5.85. The molecular weight excluding hydrogens is 382 g/mol. The number of aliphatic hydroxyl groups is 1. The third-order valence-corrected chi connectivity index (χ3v) is 5.00. The van der Waals surface area contributed by atoms with Gasteiger partial charge in [0.15, 0.2) is 11.6 Å². The third kappa shape index (κ3) is 4.38. The molecule has 2 aromatic heterocycles. The van der Waals surface area contributed by atoms with E-state index in [-0.39, 0.29) is 6.04 Å². The van der Waals surface area contributed by atoms with Crippen molar-refractivity contribution in [3.8, 4) is 5.75 Å². The fourth-order valence-corrected chi connectivity index (χ4v) is 3.48. The zero-order valence-corrected chi connectivity index (χ0v) is 16.6. The summed E-state index contributed by atoms with van der Waals surface area (Å²) in [6.07, 6.45) is 3.63. The minimum atomic E-state index is -0.745. The topological polar surface area (TPSA) is 91.7 Å². The summed E-state index contributed by atoms with van der Waals surface area (Å²) in [6.45, 7) is 3.23. The smallest absolute Gasteiger partial charge is 0.409 e. The van der Waals surface area contributed by atoms with E-state index in [0.717, 1.165) is 11.4 Å². The van der Waals surface area contributed by atoms with Crippen molar-refractivity contribution in [3.63, 3.8) is 0 Å². The Labute approximate surface area is 174 Å². The molecule has 1 N–H and O–H groups in total. The number of rotatable bonds is 4. The molecule has 1 amide bonds. The van der Waals surface area contributed by atoms with E-state index in [2.05, 4.69) is 19.9 Å². The van der Waals surface area contributed by atoms with Crippen LogP contribution in [0.15, 0.2) is 67.1 Å². The molecule has 3 aromatic rings. The Balaban J connectivity index is 1.58. The molecule has 0 bridgehead atoms. The average molecular weight is 405 g/mol. The van der Waals surface area contributed by atoms with Crippen molar-refractivity contribution >= 4 is 11.9 Å². The summed E-state index contributed by atoms with van der Waals surface area (Å²) in [5.41, 5.74) is 1.01. The van der Waals surface area contributed by atoms with Crippen molar-refractivity contribution < 1.29 is 14.6 Å². The molecule has 4 rings (SSSR count). The first-order chi connectivity index (χ1) is 14.6. The van der Waals surface area contributed by atoms with E-state index in [1.54, 1.807) is 36.4 Å². The molecule has 0 aliphatic carbocycles. The molecule has 0 spiro atoms. The predicted octanol–water partition coefficient (Wildman–Crippen LogP) is 2.99. The second-order valence-corrected chi connectivity index (χ2v) is 7.07. The Morgan fingerprint density at radius 1 is 1.13 bits per heavy atom. The Bertz CT molecular complexity index is 984. The fraction of sp³-hybridized carbons (Fsp3) is 0.273. The molecule has 1 saturated heterocycles. The molecule has 2 atom stereocenters. The zero-order chi connectivity index (χ0) is 20.9. The number of carbonyl (C=O) groups is 1. The summed E-state index contributed by atoms with van der Waals surface area (Å²) >= 11 is 0.